The third-order valence-electron chi connectivity index (χ3n) is 3.28. The normalized spacial score (nSPS) is 11.9. The molecule has 124 valence electrons. The van der Waals surface area contributed by atoms with Crippen molar-refractivity contribution in [3.8, 4) is 0 Å². The van der Waals surface area contributed by atoms with E-state index in [1.165, 1.54) is 18.4 Å². The summed E-state index contributed by atoms with van der Waals surface area (Å²) in [6.45, 7) is 1.24. The Labute approximate surface area is 147 Å². The molecule has 0 aliphatic carbocycles. The Bertz CT molecular complexity index is 755. The fraction of sp³-hybridized carbons (Fsp3) is 0.250. The van der Waals surface area contributed by atoms with Gasteiger partial charge < -0.3 is 5.32 Å². The predicted octanol–water partition coefficient (Wildman–Crippen LogP) is 3.53. The molecule has 0 radical (unpaired) electrons. The monoisotopic (exact) mass is 372 g/mol. The summed E-state index contributed by atoms with van der Waals surface area (Å²) in [6.07, 6.45) is 0. The Balaban J connectivity index is 1.97. The lowest BCUT2D eigenvalue weighted by molar-refractivity contribution is 0.520. The standard InChI is InChI=1S/C16H18Cl2N2O2S/c1-20(2)23(21,22)16-5-3-12(4-6-16)10-19-11-13-7-14(17)9-15(18)8-13/h3-9,19H,10-11H2,1-2H3. The zero-order chi connectivity index (χ0) is 17.0. The van der Waals surface area contributed by atoms with Crippen LogP contribution in [0.15, 0.2) is 47.4 Å². The molecule has 0 saturated carbocycles. The van der Waals surface area contributed by atoms with Gasteiger partial charge in [-0.25, -0.2) is 12.7 Å². The van der Waals surface area contributed by atoms with Gasteiger partial charge in [-0.1, -0.05) is 35.3 Å². The van der Waals surface area contributed by atoms with E-state index >= 15 is 0 Å². The summed E-state index contributed by atoms with van der Waals surface area (Å²) in [5.74, 6) is 0. The number of sulfonamides is 1. The van der Waals surface area contributed by atoms with Crippen LogP contribution in [0.1, 0.15) is 11.1 Å². The molecule has 0 spiro atoms. The molecule has 1 N–H and O–H groups in total. The van der Waals surface area contributed by atoms with Gasteiger partial charge >= 0.3 is 0 Å². The Kier molecular flexibility index (Phi) is 6.06. The minimum atomic E-state index is -3.38. The van der Waals surface area contributed by atoms with E-state index in [1.54, 1.807) is 30.3 Å². The first-order chi connectivity index (χ1) is 10.8. The molecule has 0 amide bonds. The molecular weight excluding hydrogens is 355 g/mol. The van der Waals surface area contributed by atoms with Crippen LogP contribution in [0.4, 0.5) is 0 Å². The Hall–Kier alpha value is -1.11. The topological polar surface area (TPSA) is 49.4 Å². The molecule has 2 aromatic rings. The van der Waals surface area contributed by atoms with Crippen molar-refractivity contribution in [2.75, 3.05) is 14.1 Å². The van der Waals surface area contributed by atoms with Crippen molar-refractivity contribution in [1.82, 2.24) is 9.62 Å². The first-order valence-corrected chi connectivity index (χ1v) is 9.16. The lowest BCUT2D eigenvalue weighted by atomic mass is 10.2. The van der Waals surface area contributed by atoms with Gasteiger partial charge in [-0.2, -0.15) is 0 Å². The molecule has 2 rings (SSSR count). The second kappa shape index (κ2) is 7.64. The zero-order valence-corrected chi connectivity index (χ0v) is 15.2. The highest BCUT2D eigenvalue weighted by Crippen LogP contribution is 2.19. The van der Waals surface area contributed by atoms with Crippen LogP contribution in [0.25, 0.3) is 0 Å². The van der Waals surface area contributed by atoms with Crippen molar-refractivity contribution in [2.45, 2.75) is 18.0 Å². The molecule has 0 saturated heterocycles. The van der Waals surface area contributed by atoms with E-state index in [4.69, 9.17) is 23.2 Å². The van der Waals surface area contributed by atoms with Gasteiger partial charge in [-0.3, -0.25) is 0 Å². The molecule has 7 heteroatoms. The number of benzene rings is 2. The van der Waals surface area contributed by atoms with Crippen molar-refractivity contribution >= 4 is 33.2 Å². The van der Waals surface area contributed by atoms with Crippen LogP contribution >= 0.6 is 23.2 Å². The average molecular weight is 373 g/mol. The van der Waals surface area contributed by atoms with Gasteiger partial charge in [0.15, 0.2) is 0 Å². The van der Waals surface area contributed by atoms with Gasteiger partial charge in [0, 0.05) is 37.2 Å². The highest BCUT2D eigenvalue weighted by atomic mass is 35.5. The molecule has 2 aromatic carbocycles. The number of hydrogen-bond acceptors (Lipinski definition) is 3. The van der Waals surface area contributed by atoms with E-state index in [1.807, 2.05) is 12.1 Å². The zero-order valence-electron chi connectivity index (χ0n) is 12.9. The van der Waals surface area contributed by atoms with Crippen LogP contribution in [0.3, 0.4) is 0 Å². The van der Waals surface area contributed by atoms with E-state index in [-0.39, 0.29) is 4.90 Å². The lowest BCUT2D eigenvalue weighted by Gasteiger charge is -2.12. The molecule has 0 bridgehead atoms. The molecule has 0 aliphatic rings. The summed E-state index contributed by atoms with van der Waals surface area (Å²) in [6, 6.07) is 12.2. The van der Waals surface area contributed by atoms with Crippen LogP contribution in [-0.2, 0) is 23.1 Å². The summed E-state index contributed by atoms with van der Waals surface area (Å²) < 4.78 is 25.2. The molecule has 0 heterocycles. The lowest BCUT2D eigenvalue weighted by Crippen LogP contribution is -2.22. The van der Waals surface area contributed by atoms with Crippen molar-refractivity contribution in [3.63, 3.8) is 0 Å². The maximum atomic E-state index is 12.0. The van der Waals surface area contributed by atoms with Gasteiger partial charge in [-0.05, 0) is 41.5 Å². The maximum Gasteiger partial charge on any atom is 0.242 e. The SMILES string of the molecule is CN(C)S(=O)(=O)c1ccc(CNCc2cc(Cl)cc(Cl)c2)cc1. The van der Waals surface area contributed by atoms with E-state index in [0.29, 0.717) is 23.1 Å². The van der Waals surface area contributed by atoms with Crippen LogP contribution in [0.5, 0.6) is 0 Å². The third-order valence-corrected chi connectivity index (χ3v) is 5.55. The third kappa shape index (κ3) is 4.93. The minimum Gasteiger partial charge on any atom is -0.309 e. The fourth-order valence-electron chi connectivity index (χ4n) is 2.05. The first kappa shape index (κ1) is 18.2. The number of hydrogen-bond donors (Lipinski definition) is 1. The van der Waals surface area contributed by atoms with E-state index in [9.17, 15) is 8.42 Å². The summed E-state index contributed by atoms with van der Waals surface area (Å²) in [5.41, 5.74) is 1.99. The van der Waals surface area contributed by atoms with Gasteiger partial charge in [-0.15, -0.1) is 0 Å². The minimum absolute atomic E-state index is 0.285. The van der Waals surface area contributed by atoms with Crippen molar-refractivity contribution in [2.24, 2.45) is 0 Å². The van der Waals surface area contributed by atoms with Crippen LogP contribution in [-0.4, -0.2) is 26.8 Å². The smallest absolute Gasteiger partial charge is 0.242 e. The van der Waals surface area contributed by atoms with Crippen LogP contribution in [0.2, 0.25) is 10.0 Å². The Morgan fingerprint density at radius 3 is 1.96 bits per heavy atom. The van der Waals surface area contributed by atoms with Crippen molar-refractivity contribution < 1.29 is 8.42 Å². The van der Waals surface area contributed by atoms with Gasteiger partial charge in [0.2, 0.25) is 10.0 Å². The molecule has 0 fully saturated rings. The van der Waals surface area contributed by atoms with Gasteiger partial charge in [0.25, 0.3) is 0 Å². The molecule has 0 unspecified atom stereocenters. The molecule has 23 heavy (non-hydrogen) atoms. The highest BCUT2D eigenvalue weighted by Gasteiger charge is 2.16. The quantitative estimate of drug-likeness (QED) is 0.843. The Morgan fingerprint density at radius 1 is 0.913 bits per heavy atom. The maximum absolute atomic E-state index is 12.0. The molecule has 4 nitrogen and oxygen atoms in total. The summed E-state index contributed by atoms with van der Waals surface area (Å²) >= 11 is 11.9. The second-order valence-electron chi connectivity index (χ2n) is 5.31. The van der Waals surface area contributed by atoms with Crippen molar-refractivity contribution in [1.29, 1.82) is 0 Å². The average Bonchev–Trinajstić information content (AvgIpc) is 2.46. The van der Waals surface area contributed by atoms with E-state index in [2.05, 4.69) is 5.32 Å². The number of halogens is 2. The molecule has 0 aromatic heterocycles. The molecule has 0 aliphatic heterocycles. The van der Waals surface area contributed by atoms with E-state index < -0.39 is 10.0 Å². The highest BCUT2D eigenvalue weighted by molar-refractivity contribution is 7.89. The molecule has 0 atom stereocenters. The van der Waals surface area contributed by atoms with Gasteiger partial charge in [0.1, 0.15) is 0 Å². The van der Waals surface area contributed by atoms with Crippen LogP contribution in [0, 0.1) is 0 Å². The number of rotatable bonds is 6. The Morgan fingerprint density at radius 2 is 1.43 bits per heavy atom. The second-order valence-corrected chi connectivity index (χ2v) is 8.34. The first-order valence-electron chi connectivity index (χ1n) is 6.96. The van der Waals surface area contributed by atoms with E-state index in [0.717, 1.165) is 11.1 Å². The van der Waals surface area contributed by atoms with Crippen LogP contribution < -0.4 is 5.32 Å². The van der Waals surface area contributed by atoms with Crippen molar-refractivity contribution in [3.05, 3.63) is 63.6 Å². The van der Waals surface area contributed by atoms with Gasteiger partial charge in [0.05, 0.1) is 4.90 Å². The molecular formula is C16H18Cl2N2O2S. The summed E-state index contributed by atoms with van der Waals surface area (Å²) in [5, 5.41) is 4.48. The summed E-state index contributed by atoms with van der Waals surface area (Å²) in [7, 11) is -0.353. The number of nitrogens with zero attached hydrogens (tertiary/aromatic N) is 1. The predicted molar refractivity (Wildman–Crippen MR) is 94.3 cm³/mol. The largest absolute Gasteiger partial charge is 0.309 e. The summed E-state index contributed by atoms with van der Waals surface area (Å²) in [4.78, 5) is 0.285. The number of nitrogens with one attached hydrogen (secondary N) is 1. The fourth-order valence-corrected chi connectivity index (χ4v) is 3.53.